The van der Waals surface area contributed by atoms with Crippen LogP contribution in [0.15, 0.2) is 36.4 Å². The van der Waals surface area contributed by atoms with Crippen molar-refractivity contribution in [2.75, 3.05) is 18.0 Å². The molecule has 1 aliphatic heterocycles. The lowest BCUT2D eigenvalue weighted by molar-refractivity contribution is 0.485. The highest BCUT2D eigenvalue weighted by molar-refractivity contribution is 5.54. The number of rotatable bonds is 2. The van der Waals surface area contributed by atoms with Gasteiger partial charge in [-0.2, -0.15) is 0 Å². The van der Waals surface area contributed by atoms with Crippen molar-refractivity contribution in [1.82, 2.24) is 0 Å². The molecule has 0 N–H and O–H groups in total. The third-order valence-electron chi connectivity index (χ3n) is 2.53. The molecule has 0 fully saturated rings. The van der Waals surface area contributed by atoms with Gasteiger partial charge in [0.05, 0.1) is 0 Å². The molecule has 1 aromatic rings. The van der Waals surface area contributed by atoms with Crippen LogP contribution in [0, 0.1) is 0 Å². The number of benzene rings is 1. The first-order valence-electron chi connectivity index (χ1n) is 4.95. The molecular weight excluding hydrogens is 177 g/mol. The summed E-state index contributed by atoms with van der Waals surface area (Å²) >= 11 is 0. The summed E-state index contributed by atoms with van der Waals surface area (Å²) in [5.74, 6) is 0. The number of alkyl halides is 1. The van der Waals surface area contributed by atoms with Crippen molar-refractivity contribution in [3.8, 4) is 0 Å². The van der Waals surface area contributed by atoms with E-state index in [9.17, 15) is 4.39 Å². The van der Waals surface area contributed by atoms with E-state index in [1.54, 1.807) is 0 Å². The molecule has 0 saturated heterocycles. The molecule has 0 bridgehead atoms. The normalized spacial score (nSPS) is 15.9. The fourth-order valence-electron chi connectivity index (χ4n) is 1.79. The van der Waals surface area contributed by atoms with Crippen LogP contribution in [0.25, 0.3) is 0 Å². The Morgan fingerprint density at radius 2 is 2.07 bits per heavy atom. The van der Waals surface area contributed by atoms with Crippen LogP contribution >= 0.6 is 0 Å². The summed E-state index contributed by atoms with van der Waals surface area (Å²) in [5, 5.41) is 0. The minimum absolute atomic E-state index is 0.379. The summed E-state index contributed by atoms with van der Waals surface area (Å²) < 4.78 is 12.7. The maximum Gasteiger partial charge on any atom is 0.117 e. The molecule has 0 spiro atoms. The van der Waals surface area contributed by atoms with Gasteiger partial charge in [0.25, 0.3) is 0 Å². The molecular formula is C12H14FN. The zero-order chi connectivity index (χ0) is 9.80. The number of para-hydroxylation sites is 1. The Kier molecular flexibility index (Phi) is 2.82. The van der Waals surface area contributed by atoms with E-state index in [0.717, 1.165) is 30.8 Å². The van der Waals surface area contributed by atoms with Crippen LogP contribution in [0.4, 0.5) is 10.1 Å². The largest absolute Gasteiger partial charge is 0.367 e. The lowest BCUT2D eigenvalue weighted by Crippen LogP contribution is -2.27. The lowest BCUT2D eigenvalue weighted by atomic mass is 10.1. The second-order valence-electron chi connectivity index (χ2n) is 3.47. The van der Waals surface area contributed by atoms with E-state index in [2.05, 4.69) is 17.1 Å². The fourth-order valence-corrected chi connectivity index (χ4v) is 1.79. The maximum absolute atomic E-state index is 12.7. The van der Waals surface area contributed by atoms with Gasteiger partial charge in [0.2, 0.25) is 0 Å². The predicted molar refractivity (Wildman–Crippen MR) is 57.2 cm³/mol. The van der Waals surface area contributed by atoms with Gasteiger partial charge in [-0.1, -0.05) is 30.4 Å². The zero-order valence-corrected chi connectivity index (χ0v) is 8.12. The van der Waals surface area contributed by atoms with Gasteiger partial charge in [-0.05, 0) is 12.5 Å². The Morgan fingerprint density at radius 3 is 2.79 bits per heavy atom. The standard InChI is InChI=1S/C12H14FN/c13-10-11-6-2-3-7-12(11)14-8-4-1-5-9-14/h1-4,6-7H,5,8-10H2. The fraction of sp³-hybridized carbons (Fsp3) is 0.333. The van der Waals surface area contributed by atoms with Gasteiger partial charge in [0.1, 0.15) is 6.67 Å². The molecule has 0 saturated carbocycles. The Bertz CT molecular complexity index is 333. The third-order valence-corrected chi connectivity index (χ3v) is 2.53. The van der Waals surface area contributed by atoms with Crippen molar-refractivity contribution in [2.24, 2.45) is 0 Å². The minimum Gasteiger partial charge on any atom is -0.367 e. The first kappa shape index (κ1) is 9.25. The molecule has 1 heterocycles. The van der Waals surface area contributed by atoms with E-state index < -0.39 is 0 Å². The summed E-state index contributed by atoms with van der Waals surface area (Å²) in [6.07, 6.45) is 5.37. The summed E-state index contributed by atoms with van der Waals surface area (Å²) in [7, 11) is 0. The topological polar surface area (TPSA) is 3.24 Å². The molecule has 0 amide bonds. The molecule has 1 aliphatic rings. The Balaban J connectivity index is 2.25. The molecule has 0 radical (unpaired) electrons. The number of hydrogen-bond donors (Lipinski definition) is 0. The van der Waals surface area contributed by atoms with Crippen LogP contribution in [0.5, 0.6) is 0 Å². The highest BCUT2D eigenvalue weighted by Crippen LogP contribution is 2.22. The highest BCUT2D eigenvalue weighted by atomic mass is 19.1. The molecule has 2 heteroatoms. The van der Waals surface area contributed by atoms with Gasteiger partial charge >= 0.3 is 0 Å². The van der Waals surface area contributed by atoms with E-state index in [1.165, 1.54) is 0 Å². The van der Waals surface area contributed by atoms with Crippen LogP contribution in [0.3, 0.4) is 0 Å². The van der Waals surface area contributed by atoms with Gasteiger partial charge in [0, 0.05) is 24.3 Å². The molecule has 0 unspecified atom stereocenters. The van der Waals surface area contributed by atoms with Crippen molar-refractivity contribution in [3.05, 3.63) is 42.0 Å². The van der Waals surface area contributed by atoms with Crippen LogP contribution in [0.2, 0.25) is 0 Å². The smallest absolute Gasteiger partial charge is 0.117 e. The monoisotopic (exact) mass is 191 g/mol. The molecule has 14 heavy (non-hydrogen) atoms. The zero-order valence-electron chi connectivity index (χ0n) is 8.12. The van der Waals surface area contributed by atoms with Crippen molar-refractivity contribution >= 4 is 5.69 Å². The summed E-state index contributed by atoms with van der Waals surface area (Å²) in [4.78, 5) is 2.22. The minimum atomic E-state index is -0.379. The molecule has 0 aliphatic carbocycles. The quantitative estimate of drug-likeness (QED) is 0.650. The summed E-state index contributed by atoms with van der Waals surface area (Å²) in [5.41, 5.74) is 1.84. The van der Waals surface area contributed by atoms with Gasteiger partial charge in [-0.3, -0.25) is 0 Å². The van der Waals surface area contributed by atoms with Crippen LogP contribution < -0.4 is 4.90 Å². The SMILES string of the molecule is FCc1ccccc1N1CC=CCC1. The lowest BCUT2D eigenvalue weighted by Gasteiger charge is -2.27. The Labute approximate surface area is 83.9 Å². The molecule has 0 aromatic heterocycles. The average molecular weight is 191 g/mol. The van der Waals surface area contributed by atoms with Gasteiger partial charge in [-0.15, -0.1) is 0 Å². The van der Waals surface area contributed by atoms with Crippen LogP contribution in [-0.4, -0.2) is 13.1 Å². The van der Waals surface area contributed by atoms with Gasteiger partial charge < -0.3 is 4.90 Å². The van der Waals surface area contributed by atoms with Crippen LogP contribution in [-0.2, 0) is 6.67 Å². The van der Waals surface area contributed by atoms with Gasteiger partial charge in [-0.25, -0.2) is 4.39 Å². The number of nitrogens with zero attached hydrogens (tertiary/aromatic N) is 1. The van der Waals surface area contributed by atoms with E-state index in [0.29, 0.717) is 0 Å². The maximum atomic E-state index is 12.7. The van der Waals surface area contributed by atoms with E-state index in [4.69, 9.17) is 0 Å². The molecule has 1 aromatic carbocycles. The van der Waals surface area contributed by atoms with Crippen molar-refractivity contribution in [2.45, 2.75) is 13.1 Å². The molecule has 2 rings (SSSR count). The second kappa shape index (κ2) is 4.27. The Hall–Kier alpha value is -1.31. The number of anilines is 1. The van der Waals surface area contributed by atoms with E-state index >= 15 is 0 Å². The first-order chi connectivity index (χ1) is 6.92. The third kappa shape index (κ3) is 1.79. The predicted octanol–water partition coefficient (Wildman–Crippen LogP) is 2.92. The molecule has 1 nitrogen and oxygen atoms in total. The van der Waals surface area contributed by atoms with E-state index in [-0.39, 0.29) is 6.67 Å². The number of hydrogen-bond acceptors (Lipinski definition) is 1. The van der Waals surface area contributed by atoms with Crippen LogP contribution in [0.1, 0.15) is 12.0 Å². The van der Waals surface area contributed by atoms with Crippen molar-refractivity contribution in [1.29, 1.82) is 0 Å². The van der Waals surface area contributed by atoms with Crippen molar-refractivity contribution in [3.63, 3.8) is 0 Å². The molecule has 0 atom stereocenters. The second-order valence-corrected chi connectivity index (χ2v) is 3.47. The molecule has 74 valence electrons. The summed E-state index contributed by atoms with van der Waals surface area (Å²) in [6.45, 7) is 1.51. The summed E-state index contributed by atoms with van der Waals surface area (Å²) in [6, 6.07) is 7.70. The Morgan fingerprint density at radius 1 is 1.21 bits per heavy atom. The highest BCUT2D eigenvalue weighted by Gasteiger charge is 2.10. The van der Waals surface area contributed by atoms with E-state index in [1.807, 2.05) is 24.3 Å². The van der Waals surface area contributed by atoms with Gasteiger partial charge in [0.15, 0.2) is 0 Å². The number of halogens is 1. The average Bonchev–Trinajstić information content (AvgIpc) is 2.30. The van der Waals surface area contributed by atoms with Crippen molar-refractivity contribution < 1.29 is 4.39 Å². The first-order valence-corrected chi connectivity index (χ1v) is 4.95.